The number of nitrogens with two attached hydrogens (primary N) is 1. The Bertz CT molecular complexity index is 1540. The number of nitrogen functional groups attached to an aromatic ring is 1. The van der Waals surface area contributed by atoms with Gasteiger partial charge in [0.25, 0.3) is 0 Å². The van der Waals surface area contributed by atoms with E-state index in [4.69, 9.17) is 15.7 Å². The van der Waals surface area contributed by atoms with Crippen LogP contribution in [0.25, 0.3) is 11.0 Å². The molecule has 2 aromatic heterocycles. The van der Waals surface area contributed by atoms with E-state index in [9.17, 15) is 4.79 Å². The van der Waals surface area contributed by atoms with Gasteiger partial charge >= 0.3 is 6.03 Å². The lowest BCUT2D eigenvalue weighted by atomic mass is 10.1. The Morgan fingerprint density at radius 2 is 2.00 bits per heavy atom. The van der Waals surface area contributed by atoms with E-state index in [0.717, 1.165) is 36.1 Å². The third-order valence-electron chi connectivity index (χ3n) is 6.63. The van der Waals surface area contributed by atoms with Gasteiger partial charge in [-0.2, -0.15) is 10.2 Å². The number of urea groups is 1. The minimum atomic E-state index is -0.323. The molecule has 2 amide bonds. The number of anilines is 2. The van der Waals surface area contributed by atoms with E-state index in [-0.39, 0.29) is 12.1 Å². The Labute approximate surface area is 227 Å². The predicted molar refractivity (Wildman–Crippen MR) is 151 cm³/mol. The monoisotopic (exact) mass is 524 g/mol. The molecule has 4 aromatic rings. The Kier molecular flexibility index (Phi) is 7.72. The van der Waals surface area contributed by atoms with Crippen molar-refractivity contribution in [1.29, 1.82) is 0 Å². The number of nitrogens with zero attached hydrogens (tertiary/aromatic N) is 6. The SMILES string of the molecule is Cc1ccc(NC(=O)N2OCC[C@@H]2c2ccccc2)cc1C#Cc1nn(CCCN(C)C)c2ncnc(N)c12. The molecule has 1 saturated heterocycles. The van der Waals surface area contributed by atoms with Crippen molar-refractivity contribution in [2.45, 2.75) is 32.4 Å². The number of nitrogens with one attached hydrogen (secondary N) is 1. The highest BCUT2D eigenvalue weighted by Crippen LogP contribution is 2.31. The summed E-state index contributed by atoms with van der Waals surface area (Å²) in [5.41, 5.74) is 10.8. The van der Waals surface area contributed by atoms with Crippen molar-refractivity contribution in [3.8, 4) is 11.8 Å². The summed E-state index contributed by atoms with van der Waals surface area (Å²) in [6.45, 7) is 4.07. The summed E-state index contributed by atoms with van der Waals surface area (Å²) in [5.74, 6) is 6.73. The zero-order valence-electron chi connectivity index (χ0n) is 22.4. The van der Waals surface area contributed by atoms with Gasteiger partial charge in [-0.25, -0.2) is 19.4 Å². The van der Waals surface area contributed by atoms with Crippen LogP contribution in [0.15, 0.2) is 54.9 Å². The zero-order valence-corrected chi connectivity index (χ0v) is 22.4. The second kappa shape index (κ2) is 11.5. The number of amides is 2. The number of carbonyl (C=O) groups excluding carboxylic acids is 1. The molecule has 0 spiro atoms. The molecule has 2 aromatic carbocycles. The number of aromatic nitrogens is 4. The van der Waals surface area contributed by atoms with E-state index < -0.39 is 0 Å². The number of hydrogen-bond acceptors (Lipinski definition) is 7. The molecule has 10 nitrogen and oxygen atoms in total. The zero-order chi connectivity index (χ0) is 27.4. The second-order valence-corrected chi connectivity index (χ2v) is 9.77. The maximum atomic E-state index is 13.1. The maximum absolute atomic E-state index is 13.1. The molecule has 10 heteroatoms. The molecular weight excluding hydrogens is 492 g/mol. The first-order chi connectivity index (χ1) is 18.9. The molecule has 1 aliphatic heterocycles. The largest absolute Gasteiger partial charge is 0.383 e. The average Bonchev–Trinajstić information content (AvgIpc) is 3.56. The van der Waals surface area contributed by atoms with Crippen LogP contribution in [-0.2, 0) is 11.4 Å². The number of rotatable bonds is 6. The molecule has 1 aliphatic rings. The van der Waals surface area contributed by atoms with Crippen LogP contribution >= 0.6 is 0 Å². The average molecular weight is 525 g/mol. The summed E-state index contributed by atoms with van der Waals surface area (Å²) in [5, 5.41) is 9.72. The predicted octanol–water partition coefficient (Wildman–Crippen LogP) is 3.98. The van der Waals surface area contributed by atoms with Crippen molar-refractivity contribution in [3.05, 3.63) is 77.2 Å². The third kappa shape index (κ3) is 5.85. The Balaban J connectivity index is 1.37. The summed E-state index contributed by atoms with van der Waals surface area (Å²) in [4.78, 5) is 29.4. The van der Waals surface area contributed by atoms with Gasteiger partial charge in [-0.3, -0.25) is 4.84 Å². The van der Waals surface area contributed by atoms with Crippen LogP contribution in [0.5, 0.6) is 0 Å². The lowest BCUT2D eigenvalue weighted by molar-refractivity contribution is -0.0829. The highest BCUT2D eigenvalue weighted by atomic mass is 16.7. The van der Waals surface area contributed by atoms with Gasteiger partial charge < -0.3 is 16.0 Å². The van der Waals surface area contributed by atoms with Crippen molar-refractivity contribution in [1.82, 2.24) is 29.7 Å². The summed E-state index contributed by atoms with van der Waals surface area (Å²) < 4.78 is 1.84. The van der Waals surface area contributed by atoms with Crippen molar-refractivity contribution < 1.29 is 9.63 Å². The van der Waals surface area contributed by atoms with E-state index >= 15 is 0 Å². The topological polar surface area (TPSA) is 114 Å². The fourth-order valence-electron chi connectivity index (χ4n) is 4.60. The number of fused-ring (bicyclic) bond motifs is 1. The molecule has 3 heterocycles. The van der Waals surface area contributed by atoms with E-state index in [0.29, 0.717) is 41.4 Å². The number of hydrogen-bond donors (Lipinski definition) is 2. The first kappa shape index (κ1) is 26.2. The fraction of sp³-hybridized carbons (Fsp3) is 0.310. The van der Waals surface area contributed by atoms with Gasteiger partial charge in [-0.05, 0) is 63.2 Å². The first-order valence-electron chi connectivity index (χ1n) is 12.9. The van der Waals surface area contributed by atoms with Crippen LogP contribution in [0.1, 0.15) is 41.3 Å². The quantitative estimate of drug-likeness (QED) is 0.367. The molecule has 0 aliphatic carbocycles. The molecule has 0 unspecified atom stereocenters. The van der Waals surface area contributed by atoms with Gasteiger partial charge in [0.05, 0.1) is 18.0 Å². The molecule has 200 valence electrons. The van der Waals surface area contributed by atoms with Crippen LogP contribution in [0, 0.1) is 18.8 Å². The van der Waals surface area contributed by atoms with Gasteiger partial charge in [0.2, 0.25) is 0 Å². The normalized spacial score (nSPS) is 15.0. The van der Waals surface area contributed by atoms with Gasteiger partial charge in [0.1, 0.15) is 17.8 Å². The summed E-state index contributed by atoms with van der Waals surface area (Å²) in [6.07, 6.45) is 3.10. The van der Waals surface area contributed by atoms with Gasteiger partial charge in [-0.15, -0.1) is 0 Å². The Hall–Kier alpha value is -4.46. The summed E-state index contributed by atoms with van der Waals surface area (Å²) >= 11 is 0. The number of aryl methyl sites for hydroxylation is 2. The lowest BCUT2D eigenvalue weighted by Gasteiger charge is -2.23. The molecular formula is C29H32N8O2. The maximum Gasteiger partial charge on any atom is 0.346 e. The number of benzene rings is 2. The minimum Gasteiger partial charge on any atom is -0.383 e. The molecule has 5 rings (SSSR count). The highest BCUT2D eigenvalue weighted by Gasteiger charge is 2.31. The van der Waals surface area contributed by atoms with Gasteiger partial charge in [-0.1, -0.05) is 42.3 Å². The van der Waals surface area contributed by atoms with E-state index in [1.165, 1.54) is 11.4 Å². The standard InChI is InChI=1S/C29H32N8O2/c1-20-10-12-23(33-29(38)37-25(14-17-39-37)21-8-5-4-6-9-21)18-22(20)11-13-24-26-27(30)31-19-32-28(26)36(34-24)16-7-15-35(2)3/h4-6,8-10,12,18-19,25H,7,14-17H2,1-3H3,(H,33,38)(H2,30,31,32)/t25-/m1/s1. The van der Waals surface area contributed by atoms with Crippen LogP contribution in [-0.4, -0.2) is 63.0 Å². The summed E-state index contributed by atoms with van der Waals surface area (Å²) in [6, 6.07) is 15.1. The smallest absolute Gasteiger partial charge is 0.346 e. The summed E-state index contributed by atoms with van der Waals surface area (Å²) in [7, 11) is 4.08. The fourth-order valence-corrected chi connectivity index (χ4v) is 4.60. The Morgan fingerprint density at radius 3 is 2.79 bits per heavy atom. The molecule has 3 N–H and O–H groups in total. The van der Waals surface area contributed by atoms with Gasteiger partial charge in [0.15, 0.2) is 5.65 Å². The second-order valence-electron chi connectivity index (χ2n) is 9.77. The van der Waals surface area contributed by atoms with Crippen LogP contribution < -0.4 is 11.1 Å². The molecule has 0 bridgehead atoms. The van der Waals surface area contributed by atoms with Crippen molar-refractivity contribution in [2.24, 2.45) is 0 Å². The minimum absolute atomic E-state index is 0.135. The van der Waals surface area contributed by atoms with E-state index in [1.807, 2.05) is 74.2 Å². The van der Waals surface area contributed by atoms with Crippen molar-refractivity contribution in [3.63, 3.8) is 0 Å². The number of carbonyl (C=O) groups is 1. The molecule has 0 saturated carbocycles. The van der Waals surface area contributed by atoms with Crippen molar-refractivity contribution >= 4 is 28.6 Å². The molecule has 1 fully saturated rings. The molecule has 1 atom stereocenters. The van der Waals surface area contributed by atoms with E-state index in [2.05, 4.69) is 32.0 Å². The highest BCUT2D eigenvalue weighted by molar-refractivity contribution is 5.91. The van der Waals surface area contributed by atoms with E-state index in [1.54, 1.807) is 0 Å². The first-order valence-corrected chi connectivity index (χ1v) is 12.9. The third-order valence-corrected chi connectivity index (χ3v) is 6.63. The Morgan fingerprint density at radius 1 is 1.18 bits per heavy atom. The van der Waals surface area contributed by atoms with Crippen LogP contribution in [0.3, 0.4) is 0 Å². The molecule has 39 heavy (non-hydrogen) atoms. The van der Waals surface area contributed by atoms with Crippen molar-refractivity contribution in [2.75, 3.05) is 38.3 Å². The molecule has 0 radical (unpaired) electrons. The number of hydroxylamine groups is 2. The lowest BCUT2D eigenvalue weighted by Crippen LogP contribution is -2.33. The van der Waals surface area contributed by atoms with Gasteiger partial charge in [0, 0.05) is 24.2 Å². The van der Waals surface area contributed by atoms with Crippen LogP contribution in [0.4, 0.5) is 16.3 Å². The van der Waals surface area contributed by atoms with Crippen LogP contribution in [0.2, 0.25) is 0 Å².